The highest BCUT2D eigenvalue weighted by Gasteiger charge is 2.32. The Hall–Kier alpha value is -2.75. The van der Waals surface area contributed by atoms with E-state index in [1.807, 2.05) is 25.5 Å². The van der Waals surface area contributed by atoms with Crippen LogP contribution in [-0.2, 0) is 0 Å². The molecule has 0 aliphatic carbocycles. The molecule has 26 heavy (non-hydrogen) atoms. The van der Waals surface area contributed by atoms with E-state index < -0.39 is 4.92 Å². The number of nitrogens with one attached hydrogen (secondary N) is 1. The van der Waals surface area contributed by atoms with Crippen LogP contribution < -0.4 is 9.80 Å². The van der Waals surface area contributed by atoms with E-state index in [1.54, 1.807) is 0 Å². The second kappa shape index (κ2) is 6.52. The molecule has 0 bridgehead atoms. The summed E-state index contributed by atoms with van der Waals surface area (Å²) < 4.78 is 0. The summed E-state index contributed by atoms with van der Waals surface area (Å²) >= 11 is 1.12. The van der Waals surface area contributed by atoms with Crippen LogP contribution in [0.2, 0.25) is 0 Å². The van der Waals surface area contributed by atoms with Crippen LogP contribution in [0, 0.1) is 16.0 Å². The maximum atomic E-state index is 10.9. The van der Waals surface area contributed by atoms with Gasteiger partial charge in [-0.05, 0) is 29.7 Å². The number of rotatable bonds is 4. The van der Waals surface area contributed by atoms with E-state index in [9.17, 15) is 10.1 Å². The van der Waals surface area contributed by atoms with Crippen molar-refractivity contribution in [2.75, 3.05) is 29.9 Å². The summed E-state index contributed by atoms with van der Waals surface area (Å²) in [6.07, 6.45) is 5.98. The molecular weight excluding hydrogens is 354 g/mol. The van der Waals surface area contributed by atoms with E-state index in [2.05, 4.69) is 36.7 Å². The van der Waals surface area contributed by atoms with Gasteiger partial charge in [-0.1, -0.05) is 6.92 Å². The summed E-state index contributed by atoms with van der Waals surface area (Å²) in [4.78, 5) is 31.2. The smallest absolute Gasteiger partial charge is 0.345 e. The van der Waals surface area contributed by atoms with Crippen LogP contribution >= 0.6 is 11.3 Å². The fourth-order valence-corrected chi connectivity index (χ4v) is 4.13. The van der Waals surface area contributed by atoms with Crippen molar-refractivity contribution in [1.82, 2.24) is 19.9 Å². The summed E-state index contributed by atoms with van der Waals surface area (Å²) in [6.45, 7) is 3.79. The molecule has 1 N–H and O–H groups in total. The van der Waals surface area contributed by atoms with Gasteiger partial charge in [0.25, 0.3) is 0 Å². The second-order valence-electron chi connectivity index (χ2n) is 6.58. The van der Waals surface area contributed by atoms with Gasteiger partial charge in [0.1, 0.15) is 11.8 Å². The molecule has 1 saturated heterocycles. The monoisotopic (exact) mass is 373 g/mol. The maximum absolute atomic E-state index is 10.9. The fraction of sp³-hybridized carbons (Fsp3) is 0.438. The number of fused-ring (bicyclic) bond motifs is 1. The number of hydrogen-bond donors (Lipinski definition) is 1. The molecule has 9 nitrogen and oxygen atoms in total. The summed E-state index contributed by atoms with van der Waals surface area (Å²) in [7, 11) is 2.00. The highest BCUT2D eigenvalue weighted by molar-refractivity contribution is 7.18. The topological polar surface area (TPSA) is 104 Å². The summed E-state index contributed by atoms with van der Waals surface area (Å²) in [5, 5.41) is 12.7. The number of aromatic nitrogens is 4. The molecule has 3 aromatic rings. The summed E-state index contributed by atoms with van der Waals surface area (Å²) in [5.74, 6) is 1.12. The van der Waals surface area contributed by atoms with Crippen LogP contribution in [0.25, 0.3) is 11.0 Å². The lowest BCUT2D eigenvalue weighted by Crippen LogP contribution is -2.51. The molecule has 0 amide bonds. The van der Waals surface area contributed by atoms with Gasteiger partial charge in [-0.25, -0.2) is 9.97 Å². The largest absolute Gasteiger partial charge is 0.346 e. The Bertz CT molecular complexity index is 939. The highest BCUT2D eigenvalue weighted by Crippen LogP contribution is 2.32. The van der Waals surface area contributed by atoms with Gasteiger partial charge in [0, 0.05) is 37.9 Å². The molecule has 136 valence electrons. The zero-order chi connectivity index (χ0) is 18.3. The van der Waals surface area contributed by atoms with E-state index in [-0.39, 0.29) is 11.0 Å². The minimum Gasteiger partial charge on any atom is -0.346 e. The molecular formula is C16H19N7O2S. The van der Waals surface area contributed by atoms with Gasteiger partial charge in [-0.3, -0.25) is 10.1 Å². The van der Waals surface area contributed by atoms with Gasteiger partial charge in [0.2, 0.25) is 5.95 Å². The number of piperidine rings is 1. The molecule has 1 aliphatic heterocycles. The number of H-pyrrole nitrogens is 1. The molecule has 2 atom stereocenters. The zero-order valence-corrected chi connectivity index (χ0v) is 15.3. The van der Waals surface area contributed by atoms with Crippen LogP contribution in [0.4, 0.5) is 16.1 Å². The standard InChI is InChI=1S/C16H19N7O2S/c1-10-4-6-22(16-19-8-13(26-16)23(24)25)9-12(10)21(2)15-18-7-11-3-5-17-14(11)20-15/h3,5,7-8,10,12H,4,6,9H2,1-2H3,(H,17,18,20). The van der Waals surface area contributed by atoms with Gasteiger partial charge < -0.3 is 14.8 Å². The lowest BCUT2D eigenvalue weighted by molar-refractivity contribution is -0.380. The first-order chi connectivity index (χ1) is 12.5. The van der Waals surface area contributed by atoms with Crippen molar-refractivity contribution in [3.8, 4) is 0 Å². The predicted molar refractivity (Wildman–Crippen MR) is 101 cm³/mol. The van der Waals surface area contributed by atoms with Gasteiger partial charge in [-0.15, -0.1) is 0 Å². The number of anilines is 2. The van der Waals surface area contributed by atoms with Gasteiger partial charge in [0.15, 0.2) is 5.13 Å². The molecule has 1 fully saturated rings. The SMILES string of the molecule is CC1CCN(c2ncc([N+](=O)[O-])s2)CC1N(C)c1ncc2cc[nH]c2n1. The lowest BCUT2D eigenvalue weighted by Gasteiger charge is -2.41. The minimum atomic E-state index is -0.392. The molecule has 10 heteroatoms. The third-order valence-electron chi connectivity index (χ3n) is 4.95. The first-order valence-electron chi connectivity index (χ1n) is 8.41. The van der Waals surface area contributed by atoms with Crippen LogP contribution in [0.1, 0.15) is 13.3 Å². The van der Waals surface area contributed by atoms with E-state index in [0.29, 0.717) is 17.0 Å². The van der Waals surface area contributed by atoms with Gasteiger partial charge in [0.05, 0.1) is 11.0 Å². The minimum absolute atomic E-state index is 0.0732. The quantitative estimate of drug-likeness (QED) is 0.554. The van der Waals surface area contributed by atoms with Crippen LogP contribution in [0.5, 0.6) is 0 Å². The fourth-order valence-electron chi connectivity index (χ4n) is 3.36. The average molecular weight is 373 g/mol. The third kappa shape index (κ3) is 2.96. The molecule has 0 aromatic carbocycles. The van der Waals surface area contributed by atoms with E-state index in [1.165, 1.54) is 6.20 Å². The summed E-state index contributed by atoms with van der Waals surface area (Å²) in [5.41, 5.74) is 0.817. The lowest BCUT2D eigenvalue weighted by atomic mass is 9.93. The third-order valence-corrected chi connectivity index (χ3v) is 5.96. The van der Waals surface area contributed by atoms with Crippen LogP contribution in [-0.4, -0.2) is 51.0 Å². The number of aromatic amines is 1. The Morgan fingerprint density at radius 1 is 1.42 bits per heavy atom. The van der Waals surface area contributed by atoms with Gasteiger partial charge >= 0.3 is 5.00 Å². The van der Waals surface area contributed by atoms with E-state index in [0.717, 1.165) is 41.9 Å². The Labute approximate surface area is 153 Å². The molecule has 4 rings (SSSR count). The molecule has 2 unspecified atom stereocenters. The molecule has 4 heterocycles. The van der Waals surface area contributed by atoms with Gasteiger partial charge in [-0.2, -0.15) is 4.98 Å². The van der Waals surface area contributed by atoms with E-state index in [4.69, 9.17) is 0 Å². The van der Waals surface area contributed by atoms with Crippen molar-refractivity contribution in [3.63, 3.8) is 0 Å². The first kappa shape index (κ1) is 16.7. The molecule has 0 saturated carbocycles. The molecule has 0 spiro atoms. The number of likely N-dealkylation sites (N-methyl/N-ethyl adjacent to an activating group) is 1. The number of hydrogen-bond acceptors (Lipinski definition) is 8. The van der Waals surface area contributed by atoms with Crippen molar-refractivity contribution in [2.24, 2.45) is 5.92 Å². The second-order valence-corrected chi connectivity index (χ2v) is 7.57. The van der Waals surface area contributed by atoms with Crippen molar-refractivity contribution in [3.05, 3.63) is 34.8 Å². The van der Waals surface area contributed by atoms with Crippen LogP contribution in [0.15, 0.2) is 24.7 Å². The van der Waals surface area contributed by atoms with Crippen LogP contribution in [0.3, 0.4) is 0 Å². The number of nitro groups is 1. The van der Waals surface area contributed by atoms with Crippen molar-refractivity contribution in [1.29, 1.82) is 0 Å². The highest BCUT2D eigenvalue weighted by atomic mass is 32.1. The maximum Gasteiger partial charge on any atom is 0.345 e. The zero-order valence-electron chi connectivity index (χ0n) is 14.5. The average Bonchev–Trinajstić information content (AvgIpc) is 3.30. The van der Waals surface area contributed by atoms with Crippen molar-refractivity contribution < 1.29 is 4.92 Å². The number of thiazole rings is 1. The van der Waals surface area contributed by atoms with Crippen molar-refractivity contribution in [2.45, 2.75) is 19.4 Å². The first-order valence-corrected chi connectivity index (χ1v) is 9.22. The molecule has 1 aliphatic rings. The summed E-state index contributed by atoms with van der Waals surface area (Å²) in [6, 6.07) is 2.14. The molecule has 3 aromatic heterocycles. The number of nitrogens with zero attached hydrogens (tertiary/aromatic N) is 6. The predicted octanol–water partition coefficient (Wildman–Crippen LogP) is 2.67. The van der Waals surface area contributed by atoms with Crippen molar-refractivity contribution >= 4 is 38.5 Å². The Kier molecular flexibility index (Phi) is 4.19. The Balaban J connectivity index is 1.56. The molecule has 0 radical (unpaired) electrons. The van der Waals surface area contributed by atoms with E-state index >= 15 is 0 Å². The Morgan fingerprint density at radius 3 is 3.04 bits per heavy atom. The normalized spacial score (nSPS) is 20.5. The Morgan fingerprint density at radius 2 is 2.27 bits per heavy atom.